The maximum atomic E-state index is 5.18. The number of ether oxygens (including phenoxy) is 1. The Morgan fingerprint density at radius 1 is 1.22 bits per heavy atom. The molecule has 0 bridgehead atoms. The van der Waals surface area contributed by atoms with E-state index in [1.807, 2.05) is 12.1 Å². The van der Waals surface area contributed by atoms with E-state index in [0.717, 1.165) is 23.5 Å². The molecule has 1 fully saturated rings. The fraction of sp³-hybridized carbons (Fsp3) is 0.600. The number of nitrogens with zero attached hydrogens (tertiary/aromatic N) is 1. The smallest absolute Gasteiger partial charge is 0.118 e. The minimum atomic E-state index is 0.834. The molecular weight excluding hydrogens is 290 g/mol. The summed E-state index contributed by atoms with van der Waals surface area (Å²) in [5, 5.41) is 1.08. The summed E-state index contributed by atoms with van der Waals surface area (Å²) in [6.07, 6.45) is 5.31. The summed E-state index contributed by atoms with van der Waals surface area (Å²) in [7, 11) is 1.71. The summed E-state index contributed by atoms with van der Waals surface area (Å²) < 4.78 is 5.18. The van der Waals surface area contributed by atoms with Gasteiger partial charge in [-0.25, -0.2) is 0 Å². The summed E-state index contributed by atoms with van der Waals surface area (Å²) in [6.45, 7) is 2.34. The van der Waals surface area contributed by atoms with Crippen LogP contribution in [0.15, 0.2) is 24.3 Å². The van der Waals surface area contributed by atoms with Gasteiger partial charge in [-0.05, 0) is 37.0 Å². The molecule has 0 aliphatic heterocycles. The average molecular weight is 312 g/mol. The minimum absolute atomic E-state index is 0.834. The van der Waals surface area contributed by atoms with Crippen LogP contribution in [0.1, 0.15) is 24.8 Å². The maximum absolute atomic E-state index is 5.18. The van der Waals surface area contributed by atoms with Crippen LogP contribution in [0, 0.1) is 0 Å². The first kappa shape index (κ1) is 13.9. The third kappa shape index (κ3) is 3.72. The molecule has 2 nitrogen and oxygen atoms in total. The second-order valence-corrected chi connectivity index (χ2v) is 5.70. The Balaban J connectivity index is 1.83. The largest absolute Gasteiger partial charge is 0.497 e. The lowest BCUT2D eigenvalue weighted by Crippen LogP contribution is -2.42. The van der Waals surface area contributed by atoms with Crippen molar-refractivity contribution in [2.45, 2.75) is 31.7 Å². The summed E-state index contributed by atoms with van der Waals surface area (Å²) >= 11 is 3.56. The normalized spacial score (nSPS) is 15.7. The second kappa shape index (κ2) is 7.15. The summed E-state index contributed by atoms with van der Waals surface area (Å²) in [4.78, 5) is 2.63. The Morgan fingerprint density at radius 3 is 2.44 bits per heavy atom. The van der Waals surface area contributed by atoms with Crippen molar-refractivity contribution >= 4 is 15.9 Å². The highest BCUT2D eigenvalue weighted by atomic mass is 79.9. The summed E-state index contributed by atoms with van der Waals surface area (Å²) in [6, 6.07) is 9.28. The van der Waals surface area contributed by atoms with Crippen molar-refractivity contribution in [1.82, 2.24) is 4.90 Å². The van der Waals surface area contributed by atoms with E-state index in [-0.39, 0.29) is 0 Å². The van der Waals surface area contributed by atoms with Gasteiger partial charge in [-0.3, -0.25) is 4.90 Å². The molecule has 2 rings (SSSR count). The third-order valence-electron chi connectivity index (χ3n) is 3.81. The van der Waals surface area contributed by atoms with Gasteiger partial charge in [0.1, 0.15) is 5.75 Å². The molecule has 0 unspecified atom stereocenters. The summed E-state index contributed by atoms with van der Waals surface area (Å²) in [5.74, 6) is 0.940. The zero-order valence-corrected chi connectivity index (χ0v) is 12.7. The molecule has 1 saturated carbocycles. The monoisotopic (exact) mass is 311 g/mol. The van der Waals surface area contributed by atoms with Crippen molar-refractivity contribution in [2.75, 3.05) is 25.5 Å². The fourth-order valence-electron chi connectivity index (χ4n) is 2.40. The topological polar surface area (TPSA) is 12.5 Å². The molecule has 1 aliphatic carbocycles. The number of methoxy groups -OCH3 is 1. The molecule has 0 radical (unpaired) electrons. The highest BCUT2D eigenvalue weighted by molar-refractivity contribution is 9.09. The lowest BCUT2D eigenvalue weighted by atomic mass is 9.91. The fourth-order valence-corrected chi connectivity index (χ4v) is 2.86. The zero-order valence-electron chi connectivity index (χ0n) is 11.1. The van der Waals surface area contributed by atoms with Crippen molar-refractivity contribution in [2.24, 2.45) is 0 Å². The van der Waals surface area contributed by atoms with Crippen molar-refractivity contribution in [1.29, 1.82) is 0 Å². The van der Waals surface area contributed by atoms with E-state index in [1.54, 1.807) is 7.11 Å². The predicted octanol–water partition coefficient (Wildman–Crippen LogP) is 3.49. The van der Waals surface area contributed by atoms with Crippen LogP contribution in [0.5, 0.6) is 5.75 Å². The van der Waals surface area contributed by atoms with Crippen LogP contribution in [0.3, 0.4) is 0 Å². The molecule has 1 aromatic rings. The average Bonchev–Trinajstić information content (AvgIpc) is 2.35. The molecule has 100 valence electrons. The van der Waals surface area contributed by atoms with Crippen molar-refractivity contribution in [3.8, 4) is 5.75 Å². The third-order valence-corrected chi connectivity index (χ3v) is 4.16. The van der Waals surface area contributed by atoms with Gasteiger partial charge in [0.25, 0.3) is 0 Å². The van der Waals surface area contributed by atoms with Crippen LogP contribution in [-0.4, -0.2) is 36.5 Å². The SMILES string of the molecule is COc1ccc(CCN(CCBr)C2CCC2)cc1. The van der Waals surface area contributed by atoms with Gasteiger partial charge in [-0.1, -0.05) is 34.5 Å². The molecular formula is C15H22BrNO. The molecule has 0 aromatic heterocycles. The summed E-state index contributed by atoms with van der Waals surface area (Å²) in [5.41, 5.74) is 1.40. The van der Waals surface area contributed by atoms with Crippen LogP contribution in [0.2, 0.25) is 0 Å². The number of benzene rings is 1. The molecule has 1 aliphatic rings. The van der Waals surface area contributed by atoms with Crippen LogP contribution in [0.25, 0.3) is 0 Å². The van der Waals surface area contributed by atoms with Crippen molar-refractivity contribution in [3.63, 3.8) is 0 Å². The van der Waals surface area contributed by atoms with Crippen LogP contribution < -0.4 is 4.74 Å². The lowest BCUT2D eigenvalue weighted by Gasteiger charge is -2.37. The van der Waals surface area contributed by atoms with Gasteiger partial charge in [0.15, 0.2) is 0 Å². The standard InChI is InChI=1S/C15H22BrNO/c1-18-15-7-5-13(6-8-15)9-11-17(12-10-16)14-3-2-4-14/h5-8,14H,2-4,9-12H2,1H3. The maximum Gasteiger partial charge on any atom is 0.118 e. The van der Waals surface area contributed by atoms with Crippen LogP contribution in [-0.2, 0) is 6.42 Å². The number of halogens is 1. The molecule has 0 atom stereocenters. The van der Waals surface area contributed by atoms with Gasteiger partial charge in [-0.15, -0.1) is 0 Å². The van der Waals surface area contributed by atoms with E-state index >= 15 is 0 Å². The van der Waals surface area contributed by atoms with Crippen molar-refractivity contribution < 1.29 is 4.74 Å². The van der Waals surface area contributed by atoms with E-state index in [4.69, 9.17) is 4.74 Å². The highest BCUT2D eigenvalue weighted by Gasteiger charge is 2.23. The van der Waals surface area contributed by atoms with Crippen LogP contribution >= 0.6 is 15.9 Å². The number of rotatable bonds is 7. The van der Waals surface area contributed by atoms with Gasteiger partial charge in [0, 0.05) is 24.5 Å². The van der Waals surface area contributed by atoms with Gasteiger partial charge in [0.05, 0.1) is 7.11 Å². The molecule has 18 heavy (non-hydrogen) atoms. The molecule has 0 heterocycles. The molecule has 0 spiro atoms. The second-order valence-electron chi connectivity index (χ2n) is 4.91. The number of hydrogen-bond donors (Lipinski definition) is 0. The molecule has 0 amide bonds. The molecule has 0 saturated heterocycles. The van der Waals surface area contributed by atoms with E-state index in [1.165, 1.54) is 37.9 Å². The quantitative estimate of drug-likeness (QED) is 0.715. The Hall–Kier alpha value is -0.540. The minimum Gasteiger partial charge on any atom is -0.497 e. The van der Waals surface area contributed by atoms with Crippen molar-refractivity contribution in [3.05, 3.63) is 29.8 Å². The predicted molar refractivity (Wildman–Crippen MR) is 79.7 cm³/mol. The van der Waals surface area contributed by atoms with Gasteiger partial charge in [-0.2, -0.15) is 0 Å². The first-order valence-corrected chi connectivity index (χ1v) is 7.88. The lowest BCUT2D eigenvalue weighted by molar-refractivity contribution is 0.137. The van der Waals surface area contributed by atoms with Gasteiger partial charge >= 0.3 is 0 Å². The van der Waals surface area contributed by atoms with E-state index in [0.29, 0.717) is 0 Å². The Bertz CT molecular complexity index is 348. The van der Waals surface area contributed by atoms with E-state index < -0.39 is 0 Å². The molecule has 1 aromatic carbocycles. The number of hydrogen-bond acceptors (Lipinski definition) is 2. The molecule has 3 heteroatoms. The van der Waals surface area contributed by atoms with Crippen LogP contribution in [0.4, 0.5) is 0 Å². The Kier molecular flexibility index (Phi) is 5.51. The first-order valence-electron chi connectivity index (χ1n) is 6.76. The van der Waals surface area contributed by atoms with Gasteiger partial charge < -0.3 is 4.74 Å². The van der Waals surface area contributed by atoms with Gasteiger partial charge in [0.2, 0.25) is 0 Å². The number of alkyl halides is 1. The Labute approximate surface area is 118 Å². The Morgan fingerprint density at radius 2 is 1.94 bits per heavy atom. The molecule has 0 N–H and O–H groups in total. The van der Waals surface area contributed by atoms with E-state index in [2.05, 4.69) is 33.0 Å². The van der Waals surface area contributed by atoms with E-state index in [9.17, 15) is 0 Å². The zero-order chi connectivity index (χ0) is 12.8. The highest BCUT2D eigenvalue weighted by Crippen LogP contribution is 2.25. The first-order chi connectivity index (χ1) is 8.83.